The van der Waals surface area contributed by atoms with Gasteiger partial charge in [-0.3, -0.25) is 9.78 Å². The van der Waals surface area contributed by atoms with E-state index in [-0.39, 0.29) is 18.0 Å². The standard InChI is InChI=1S/C11H8N6O3/c12-1-7-3-15-17(5-7)6-9(18)11(19)20-10-8(2-13)4-14-16-10/h3-5,9,18H,6H2,(H,14,16)/t9-/m1/s1. The first-order chi connectivity index (χ1) is 9.63. The van der Waals surface area contributed by atoms with Crippen LogP contribution in [0.1, 0.15) is 11.1 Å². The monoisotopic (exact) mass is 272 g/mol. The van der Waals surface area contributed by atoms with Crippen molar-refractivity contribution in [1.29, 1.82) is 10.5 Å². The largest absolute Gasteiger partial charge is 0.402 e. The molecule has 2 heterocycles. The van der Waals surface area contributed by atoms with Gasteiger partial charge in [0.25, 0.3) is 5.88 Å². The van der Waals surface area contributed by atoms with Crippen LogP contribution >= 0.6 is 0 Å². The molecular weight excluding hydrogens is 264 g/mol. The highest BCUT2D eigenvalue weighted by Gasteiger charge is 2.21. The molecule has 1 atom stereocenters. The fourth-order valence-electron chi connectivity index (χ4n) is 1.37. The molecule has 0 spiro atoms. The molecule has 0 aliphatic carbocycles. The molecule has 2 aromatic rings. The second-order valence-corrected chi connectivity index (χ2v) is 3.72. The average molecular weight is 272 g/mol. The number of nitrogens with zero attached hydrogens (tertiary/aromatic N) is 5. The van der Waals surface area contributed by atoms with Crippen molar-refractivity contribution >= 4 is 5.97 Å². The van der Waals surface area contributed by atoms with Gasteiger partial charge in [-0.1, -0.05) is 0 Å². The summed E-state index contributed by atoms with van der Waals surface area (Å²) in [5, 5.41) is 36.7. The fraction of sp³-hybridized carbons (Fsp3) is 0.182. The highest BCUT2D eigenvalue weighted by Crippen LogP contribution is 2.13. The van der Waals surface area contributed by atoms with Gasteiger partial charge in [0, 0.05) is 12.4 Å². The van der Waals surface area contributed by atoms with E-state index in [2.05, 4.69) is 15.3 Å². The third kappa shape index (κ3) is 2.80. The second kappa shape index (κ2) is 5.65. The number of carbonyl (C=O) groups excluding carboxylic acids is 1. The number of hydrogen-bond donors (Lipinski definition) is 2. The van der Waals surface area contributed by atoms with Gasteiger partial charge in [0.05, 0.1) is 18.3 Å². The van der Waals surface area contributed by atoms with Gasteiger partial charge >= 0.3 is 5.97 Å². The van der Waals surface area contributed by atoms with Crippen molar-refractivity contribution in [2.45, 2.75) is 12.6 Å². The van der Waals surface area contributed by atoms with Gasteiger partial charge in [0.1, 0.15) is 17.7 Å². The minimum atomic E-state index is -1.50. The lowest BCUT2D eigenvalue weighted by Crippen LogP contribution is -2.30. The molecule has 0 aromatic carbocycles. The molecule has 0 saturated carbocycles. The van der Waals surface area contributed by atoms with Gasteiger partial charge in [-0.25, -0.2) is 4.79 Å². The number of aromatic nitrogens is 4. The van der Waals surface area contributed by atoms with E-state index < -0.39 is 12.1 Å². The number of ether oxygens (including phenoxy) is 1. The highest BCUT2D eigenvalue weighted by atomic mass is 16.6. The van der Waals surface area contributed by atoms with Crippen LogP contribution < -0.4 is 4.74 Å². The van der Waals surface area contributed by atoms with Gasteiger partial charge in [-0.05, 0) is 0 Å². The van der Waals surface area contributed by atoms with Crippen LogP contribution in [0.15, 0.2) is 18.6 Å². The lowest BCUT2D eigenvalue weighted by Gasteiger charge is -2.08. The third-order valence-corrected chi connectivity index (χ3v) is 2.32. The Bertz CT molecular complexity index is 704. The number of aliphatic hydroxyl groups is 1. The maximum absolute atomic E-state index is 11.6. The summed E-state index contributed by atoms with van der Waals surface area (Å²) in [6, 6.07) is 3.64. The maximum atomic E-state index is 11.6. The van der Waals surface area contributed by atoms with Gasteiger partial charge < -0.3 is 9.84 Å². The molecule has 0 aliphatic rings. The Balaban J connectivity index is 1.99. The zero-order chi connectivity index (χ0) is 14.5. The van der Waals surface area contributed by atoms with Crippen molar-refractivity contribution in [3.05, 3.63) is 29.7 Å². The first-order valence-corrected chi connectivity index (χ1v) is 5.40. The fourth-order valence-corrected chi connectivity index (χ4v) is 1.37. The van der Waals surface area contributed by atoms with Crippen LogP contribution in [0.25, 0.3) is 0 Å². The number of carbonyl (C=O) groups is 1. The van der Waals surface area contributed by atoms with Crippen LogP contribution in [0.4, 0.5) is 0 Å². The van der Waals surface area contributed by atoms with E-state index in [4.69, 9.17) is 15.3 Å². The summed E-state index contributed by atoms with van der Waals surface area (Å²) >= 11 is 0. The molecule has 9 heteroatoms. The number of aliphatic hydroxyl groups excluding tert-OH is 1. The van der Waals surface area contributed by atoms with Gasteiger partial charge in [-0.2, -0.15) is 15.6 Å². The molecule has 0 fully saturated rings. The van der Waals surface area contributed by atoms with Crippen LogP contribution in [0, 0.1) is 22.7 Å². The first kappa shape index (κ1) is 13.3. The van der Waals surface area contributed by atoms with Crippen LogP contribution in [-0.4, -0.2) is 37.2 Å². The quantitative estimate of drug-likeness (QED) is 0.702. The summed E-state index contributed by atoms with van der Waals surface area (Å²) in [7, 11) is 0. The van der Waals surface area contributed by atoms with Crippen molar-refractivity contribution in [3.8, 4) is 18.0 Å². The number of rotatable bonds is 4. The van der Waals surface area contributed by atoms with Crippen LogP contribution in [-0.2, 0) is 11.3 Å². The van der Waals surface area contributed by atoms with Crippen molar-refractivity contribution < 1.29 is 14.6 Å². The Hall–Kier alpha value is -3.17. The molecule has 100 valence electrons. The number of aromatic amines is 1. The van der Waals surface area contributed by atoms with Crippen LogP contribution in [0.5, 0.6) is 5.88 Å². The molecule has 20 heavy (non-hydrogen) atoms. The second-order valence-electron chi connectivity index (χ2n) is 3.72. The SMILES string of the molecule is N#Cc1cnn(C[C@@H](O)C(=O)Oc2n[nH]cc2C#N)c1. The van der Waals surface area contributed by atoms with Crippen molar-refractivity contribution in [3.63, 3.8) is 0 Å². The Labute approximate surface area is 112 Å². The molecule has 2 N–H and O–H groups in total. The number of nitrogens with one attached hydrogen (secondary N) is 1. The van der Waals surface area contributed by atoms with Gasteiger partial charge in [0.2, 0.25) is 0 Å². The lowest BCUT2D eigenvalue weighted by molar-refractivity contribution is -0.144. The van der Waals surface area contributed by atoms with Gasteiger partial charge in [0.15, 0.2) is 6.10 Å². The first-order valence-electron chi connectivity index (χ1n) is 5.40. The molecule has 2 rings (SSSR count). The topological polar surface area (TPSA) is 141 Å². The lowest BCUT2D eigenvalue weighted by atomic mass is 10.3. The smallest absolute Gasteiger partial charge is 0.343 e. The normalized spacial score (nSPS) is 11.3. The average Bonchev–Trinajstić information content (AvgIpc) is 3.07. The third-order valence-electron chi connectivity index (χ3n) is 2.32. The molecule has 2 aromatic heterocycles. The minimum absolute atomic E-state index is 0.0522. The summed E-state index contributed by atoms with van der Waals surface area (Å²) in [6.07, 6.45) is 2.46. The molecule has 0 radical (unpaired) electrons. The van der Waals surface area contributed by atoms with Crippen molar-refractivity contribution in [1.82, 2.24) is 20.0 Å². The van der Waals surface area contributed by atoms with E-state index in [1.807, 2.05) is 6.07 Å². The van der Waals surface area contributed by atoms with E-state index in [1.54, 1.807) is 6.07 Å². The Morgan fingerprint density at radius 3 is 3.00 bits per heavy atom. The number of nitriles is 2. The Morgan fingerprint density at radius 2 is 2.35 bits per heavy atom. The van der Waals surface area contributed by atoms with E-state index in [1.165, 1.54) is 23.3 Å². The molecule has 9 nitrogen and oxygen atoms in total. The minimum Gasteiger partial charge on any atom is -0.402 e. The summed E-state index contributed by atoms with van der Waals surface area (Å²) in [6.45, 7) is -0.174. The predicted octanol–water partition coefficient (Wildman–Crippen LogP) is -0.684. The maximum Gasteiger partial charge on any atom is 0.343 e. The van der Waals surface area contributed by atoms with E-state index >= 15 is 0 Å². The van der Waals surface area contributed by atoms with E-state index in [0.717, 1.165) is 0 Å². The van der Waals surface area contributed by atoms with Crippen molar-refractivity contribution in [2.24, 2.45) is 0 Å². The predicted molar refractivity (Wildman–Crippen MR) is 61.9 cm³/mol. The molecule has 0 bridgehead atoms. The molecule has 0 saturated heterocycles. The summed E-state index contributed by atoms with van der Waals surface area (Å²) in [5.74, 6) is -1.17. The van der Waals surface area contributed by atoms with Crippen molar-refractivity contribution in [2.75, 3.05) is 0 Å². The van der Waals surface area contributed by atoms with Gasteiger partial charge in [-0.15, -0.1) is 5.10 Å². The number of hydrogen-bond acceptors (Lipinski definition) is 7. The van der Waals surface area contributed by atoms with Crippen LogP contribution in [0.2, 0.25) is 0 Å². The summed E-state index contributed by atoms with van der Waals surface area (Å²) in [5.41, 5.74) is 0.362. The Morgan fingerprint density at radius 1 is 1.55 bits per heavy atom. The zero-order valence-corrected chi connectivity index (χ0v) is 10.0. The molecular formula is C11H8N6O3. The van der Waals surface area contributed by atoms with E-state index in [0.29, 0.717) is 5.56 Å². The van der Waals surface area contributed by atoms with Crippen LogP contribution in [0.3, 0.4) is 0 Å². The molecule has 0 unspecified atom stereocenters. The zero-order valence-electron chi connectivity index (χ0n) is 10.0. The molecule has 0 aliphatic heterocycles. The van der Waals surface area contributed by atoms with E-state index in [9.17, 15) is 9.90 Å². The highest BCUT2D eigenvalue weighted by molar-refractivity contribution is 5.76. The number of esters is 1. The summed E-state index contributed by atoms with van der Waals surface area (Å²) in [4.78, 5) is 11.6. The Kier molecular flexibility index (Phi) is 3.75. The number of H-pyrrole nitrogens is 1. The summed E-state index contributed by atoms with van der Waals surface area (Å²) < 4.78 is 6.02. The molecule has 0 amide bonds.